The lowest BCUT2D eigenvalue weighted by molar-refractivity contribution is 0.00690. The summed E-state index contributed by atoms with van der Waals surface area (Å²) in [5.41, 5.74) is 10.5. The highest BCUT2D eigenvalue weighted by molar-refractivity contribution is 6.08. The lowest BCUT2D eigenvalue weighted by atomic mass is 10.0. The van der Waals surface area contributed by atoms with Crippen LogP contribution in [0.3, 0.4) is 0 Å². The van der Waals surface area contributed by atoms with Crippen molar-refractivity contribution < 1.29 is 14.3 Å². The Morgan fingerprint density at radius 2 is 1.82 bits per heavy atom. The Balaban J connectivity index is 3.21. The molecule has 0 aliphatic rings. The van der Waals surface area contributed by atoms with E-state index in [1.165, 1.54) is 12.1 Å². The van der Waals surface area contributed by atoms with Crippen molar-refractivity contribution in [2.24, 2.45) is 5.73 Å². The average molecular weight is 236 g/mol. The maximum atomic E-state index is 11.9. The summed E-state index contributed by atoms with van der Waals surface area (Å²) in [4.78, 5) is 23.1. The predicted molar refractivity (Wildman–Crippen MR) is 64.5 cm³/mol. The van der Waals surface area contributed by atoms with E-state index in [1.54, 1.807) is 26.8 Å². The van der Waals surface area contributed by atoms with Crippen LogP contribution in [-0.2, 0) is 4.74 Å². The number of amides is 1. The number of hydrogen-bond donors (Lipinski definition) is 2. The smallest absolute Gasteiger partial charge is 0.341 e. The first kappa shape index (κ1) is 13.0. The third-order valence-corrected chi connectivity index (χ3v) is 1.97. The van der Waals surface area contributed by atoms with Crippen molar-refractivity contribution in [2.45, 2.75) is 26.4 Å². The quantitative estimate of drug-likeness (QED) is 0.598. The molecule has 0 spiro atoms. The van der Waals surface area contributed by atoms with Crippen molar-refractivity contribution in [3.63, 3.8) is 0 Å². The molecule has 4 N–H and O–H groups in total. The molecule has 0 atom stereocenters. The molecule has 17 heavy (non-hydrogen) atoms. The zero-order chi connectivity index (χ0) is 13.2. The molecular formula is C12H16N2O3. The molecule has 1 aromatic rings. The number of ether oxygens (including phenoxy) is 1. The number of hydrogen-bond acceptors (Lipinski definition) is 4. The van der Waals surface area contributed by atoms with Gasteiger partial charge in [-0.1, -0.05) is 6.07 Å². The van der Waals surface area contributed by atoms with Gasteiger partial charge in [-0.05, 0) is 32.9 Å². The zero-order valence-electron chi connectivity index (χ0n) is 10.1. The lowest BCUT2D eigenvalue weighted by Gasteiger charge is -2.20. The molecule has 0 aliphatic carbocycles. The van der Waals surface area contributed by atoms with Crippen LogP contribution in [0.2, 0.25) is 0 Å². The van der Waals surface area contributed by atoms with Gasteiger partial charge in [0.05, 0.1) is 11.1 Å². The summed E-state index contributed by atoms with van der Waals surface area (Å²) < 4.78 is 5.17. The minimum Gasteiger partial charge on any atom is -0.456 e. The van der Waals surface area contributed by atoms with Crippen molar-refractivity contribution in [3.05, 3.63) is 29.3 Å². The van der Waals surface area contributed by atoms with Gasteiger partial charge in [0, 0.05) is 5.69 Å². The van der Waals surface area contributed by atoms with Crippen LogP contribution in [0.1, 0.15) is 41.5 Å². The topological polar surface area (TPSA) is 95.4 Å². The third kappa shape index (κ3) is 3.21. The third-order valence-electron chi connectivity index (χ3n) is 1.97. The second kappa shape index (κ2) is 4.45. The Labute approximate surface area is 99.7 Å². The maximum Gasteiger partial charge on any atom is 0.341 e. The number of carbonyl (C=O) groups is 2. The van der Waals surface area contributed by atoms with E-state index in [9.17, 15) is 9.59 Å². The molecule has 0 aromatic heterocycles. The van der Waals surface area contributed by atoms with Crippen LogP contribution in [0.4, 0.5) is 5.69 Å². The highest BCUT2D eigenvalue weighted by Crippen LogP contribution is 2.20. The fourth-order valence-corrected chi connectivity index (χ4v) is 1.33. The summed E-state index contributed by atoms with van der Waals surface area (Å²) in [5, 5.41) is 0. The van der Waals surface area contributed by atoms with Crippen LogP contribution < -0.4 is 11.5 Å². The monoisotopic (exact) mass is 236 g/mol. The van der Waals surface area contributed by atoms with E-state index in [4.69, 9.17) is 16.2 Å². The SMILES string of the molecule is CC(C)(C)OC(=O)c1c(N)cccc1C(N)=O. The van der Waals surface area contributed by atoms with E-state index < -0.39 is 17.5 Å². The molecule has 0 radical (unpaired) electrons. The second-order valence-electron chi connectivity index (χ2n) is 4.64. The molecule has 5 heteroatoms. The molecule has 0 aliphatic heterocycles. The molecule has 0 saturated carbocycles. The summed E-state index contributed by atoms with van der Waals surface area (Å²) in [7, 11) is 0. The number of rotatable bonds is 2. The molecule has 0 bridgehead atoms. The molecule has 0 fully saturated rings. The number of anilines is 1. The van der Waals surface area contributed by atoms with Crippen LogP contribution in [0.5, 0.6) is 0 Å². The van der Waals surface area contributed by atoms with Crippen LogP contribution in [-0.4, -0.2) is 17.5 Å². The maximum absolute atomic E-state index is 11.9. The molecule has 0 heterocycles. The zero-order valence-corrected chi connectivity index (χ0v) is 10.1. The molecular weight excluding hydrogens is 220 g/mol. The van der Waals surface area contributed by atoms with Gasteiger partial charge in [0.15, 0.2) is 0 Å². The van der Waals surface area contributed by atoms with E-state index in [-0.39, 0.29) is 16.8 Å². The molecule has 5 nitrogen and oxygen atoms in total. The van der Waals surface area contributed by atoms with Gasteiger partial charge < -0.3 is 16.2 Å². The first-order valence-corrected chi connectivity index (χ1v) is 5.14. The number of nitrogen functional groups attached to an aromatic ring is 1. The summed E-state index contributed by atoms with van der Waals surface area (Å²) in [6.07, 6.45) is 0. The Kier molecular flexibility index (Phi) is 3.41. The number of nitrogens with two attached hydrogens (primary N) is 2. The molecule has 1 amide bonds. The Morgan fingerprint density at radius 3 is 2.29 bits per heavy atom. The van der Waals surface area contributed by atoms with Gasteiger partial charge in [0.1, 0.15) is 5.60 Å². The molecule has 0 unspecified atom stereocenters. The minimum atomic E-state index is -0.710. The minimum absolute atomic E-state index is 0.0231. The van der Waals surface area contributed by atoms with Crippen LogP contribution in [0.25, 0.3) is 0 Å². The van der Waals surface area contributed by atoms with Gasteiger partial charge >= 0.3 is 5.97 Å². The molecule has 1 aromatic carbocycles. The standard InChI is InChI=1S/C12H16N2O3/c1-12(2,3)17-11(16)9-7(10(14)15)5-4-6-8(9)13/h4-6H,13H2,1-3H3,(H2,14,15). The van der Waals surface area contributed by atoms with Crippen molar-refractivity contribution in [2.75, 3.05) is 5.73 Å². The number of esters is 1. The number of benzene rings is 1. The van der Waals surface area contributed by atoms with E-state index in [0.29, 0.717) is 0 Å². The van der Waals surface area contributed by atoms with Gasteiger partial charge in [0.2, 0.25) is 5.91 Å². The van der Waals surface area contributed by atoms with Crippen LogP contribution in [0, 0.1) is 0 Å². The van der Waals surface area contributed by atoms with Crippen LogP contribution >= 0.6 is 0 Å². The number of carbonyl (C=O) groups excluding carboxylic acids is 2. The highest BCUT2D eigenvalue weighted by Gasteiger charge is 2.24. The lowest BCUT2D eigenvalue weighted by Crippen LogP contribution is -2.27. The van der Waals surface area contributed by atoms with Crippen molar-refractivity contribution in [3.8, 4) is 0 Å². The fourth-order valence-electron chi connectivity index (χ4n) is 1.33. The van der Waals surface area contributed by atoms with Gasteiger partial charge in [-0.2, -0.15) is 0 Å². The van der Waals surface area contributed by atoms with Crippen LogP contribution in [0.15, 0.2) is 18.2 Å². The largest absolute Gasteiger partial charge is 0.456 e. The van der Waals surface area contributed by atoms with Crippen molar-refractivity contribution in [1.82, 2.24) is 0 Å². The second-order valence-corrected chi connectivity index (χ2v) is 4.64. The van der Waals surface area contributed by atoms with Gasteiger partial charge in [-0.3, -0.25) is 4.79 Å². The van der Waals surface area contributed by atoms with Crippen molar-refractivity contribution in [1.29, 1.82) is 0 Å². The normalized spacial score (nSPS) is 11.0. The molecule has 1 rings (SSSR count). The Hall–Kier alpha value is -2.04. The van der Waals surface area contributed by atoms with Gasteiger partial charge in [0.25, 0.3) is 0 Å². The van der Waals surface area contributed by atoms with E-state index in [2.05, 4.69) is 0 Å². The first-order chi connectivity index (χ1) is 7.72. The van der Waals surface area contributed by atoms with E-state index in [0.717, 1.165) is 0 Å². The summed E-state index contributed by atoms with van der Waals surface area (Å²) in [6.45, 7) is 5.19. The average Bonchev–Trinajstić information content (AvgIpc) is 2.13. The summed E-state index contributed by atoms with van der Waals surface area (Å²) >= 11 is 0. The fraction of sp³-hybridized carbons (Fsp3) is 0.333. The van der Waals surface area contributed by atoms with E-state index in [1.807, 2.05) is 0 Å². The van der Waals surface area contributed by atoms with Gasteiger partial charge in [-0.25, -0.2) is 4.79 Å². The first-order valence-electron chi connectivity index (χ1n) is 5.14. The molecule has 92 valence electrons. The summed E-state index contributed by atoms with van der Waals surface area (Å²) in [6, 6.07) is 4.52. The Morgan fingerprint density at radius 1 is 1.24 bits per heavy atom. The summed E-state index contributed by atoms with van der Waals surface area (Å²) in [5.74, 6) is -1.36. The Bertz CT molecular complexity index is 461. The highest BCUT2D eigenvalue weighted by atomic mass is 16.6. The predicted octanol–water partition coefficient (Wildman–Crippen LogP) is 1.32. The van der Waals surface area contributed by atoms with E-state index >= 15 is 0 Å². The molecule has 0 saturated heterocycles. The van der Waals surface area contributed by atoms with Gasteiger partial charge in [-0.15, -0.1) is 0 Å². The van der Waals surface area contributed by atoms with Crippen molar-refractivity contribution >= 4 is 17.6 Å². The number of primary amides is 1.